The van der Waals surface area contributed by atoms with E-state index in [1.165, 1.54) is 32.1 Å². The molecule has 0 saturated carbocycles. The largest absolute Gasteiger partial charge is 0.471 e. The molecule has 4 atom stereocenters. The van der Waals surface area contributed by atoms with E-state index in [2.05, 4.69) is 10.2 Å². The van der Waals surface area contributed by atoms with Crippen LogP contribution in [0.5, 0.6) is 0 Å². The third kappa shape index (κ3) is 9.11. The van der Waals surface area contributed by atoms with Crippen molar-refractivity contribution in [3.8, 4) is 11.1 Å². The Labute approximate surface area is 291 Å². The lowest BCUT2D eigenvalue weighted by atomic mass is 9.98. The molecule has 2 amide bonds. The minimum Gasteiger partial charge on any atom is -0.392 e. The molecule has 3 aliphatic rings. The third-order valence-electron chi connectivity index (χ3n) is 9.97. The summed E-state index contributed by atoms with van der Waals surface area (Å²) in [6, 6.07) is 22.4. The van der Waals surface area contributed by atoms with Crippen molar-refractivity contribution in [3.05, 3.63) is 95.1 Å². The number of amides is 2. The first-order valence-corrected chi connectivity index (χ1v) is 17.8. The van der Waals surface area contributed by atoms with Gasteiger partial charge in [0.25, 0.3) is 0 Å². The number of aliphatic hydroxyl groups is 1. The molecule has 3 fully saturated rings. The molecule has 50 heavy (non-hydrogen) atoms. The molecule has 268 valence electrons. The van der Waals surface area contributed by atoms with E-state index in [1.54, 1.807) is 0 Å². The second-order valence-electron chi connectivity index (χ2n) is 13.6. The van der Waals surface area contributed by atoms with Gasteiger partial charge in [-0.15, -0.1) is 0 Å². The normalized spacial score (nSPS) is 23.6. The van der Waals surface area contributed by atoms with Crippen LogP contribution in [0.3, 0.4) is 0 Å². The van der Waals surface area contributed by atoms with Crippen LogP contribution in [-0.2, 0) is 32.2 Å². The fourth-order valence-electron chi connectivity index (χ4n) is 7.29. The predicted molar refractivity (Wildman–Crippen MR) is 182 cm³/mol. The Morgan fingerprint density at radius 2 is 1.50 bits per heavy atom. The lowest BCUT2D eigenvalue weighted by molar-refractivity contribution is -0.253. The Morgan fingerprint density at radius 1 is 0.800 bits per heavy atom. The summed E-state index contributed by atoms with van der Waals surface area (Å²) in [7, 11) is 0. The number of carbonyl (C=O) groups is 2. The van der Waals surface area contributed by atoms with Gasteiger partial charge in [0, 0.05) is 31.6 Å². The van der Waals surface area contributed by atoms with Gasteiger partial charge in [-0.2, -0.15) is 13.2 Å². The minimum absolute atomic E-state index is 0.0163. The van der Waals surface area contributed by atoms with Crippen molar-refractivity contribution in [1.29, 1.82) is 0 Å². The number of rotatable bonds is 9. The van der Waals surface area contributed by atoms with Gasteiger partial charge in [-0.1, -0.05) is 79.9 Å². The van der Waals surface area contributed by atoms with Crippen LogP contribution in [0.4, 0.5) is 13.2 Å². The molecule has 0 bridgehead atoms. The number of aliphatic hydroxyl groups excluding tert-OH is 1. The first-order chi connectivity index (χ1) is 24.2. The van der Waals surface area contributed by atoms with Gasteiger partial charge in [0.05, 0.1) is 18.8 Å². The van der Waals surface area contributed by atoms with E-state index in [4.69, 9.17) is 9.47 Å². The number of nitrogens with zero attached hydrogens (tertiary/aromatic N) is 2. The van der Waals surface area contributed by atoms with Gasteiger partial charge >= 0.3 is 12.1 Å². The van der Waals surface area contributed by atoms with E-state index in [9.17, 15) is 27.9 Å². The molecule has 0 spiro atoms. The van der Waals surface area contributed by atoms with Crippen LogP contribution >= 0.6 is 0 Å². The maximum Gasteiger partial charge on any atom is 0.471 e. The van der Waals surface area contributed by atoms with Crippen LogP contribution in [0.25, 0.3) is 11.1 Å². The van der Waals surface area contributed by atoms with Crippen molar-refractivity contribution in [2.45, 2.75) is 95.2 Å². The number of benzene rings is 3. The molecule has 11 heteroatoms. The first kappa shape index (κ1) is 36.0. The van der Waals surface area contributed by atoms with Gasteiger partial charge in [-0.25, -0.2) is 0 Å². The molecular formula is C39H46F3N3O5. The summed E-state index contributed by atoms with van der Waals surface area (Å²) in [5, 5.41) is 12.3. The zero-order chi connectivity index (χ0) is 35.1. The highest BCUT2D eigenvalue weighted by Crippen LogP contribution is 2.39. The Balaban J connectivity index is 1.16. The molecule has 3 aliphatic heterocycles. The van der Waals surface area contributed by atoms with Crippen LogP contribution in [0.2, 0.25) is 0 Å². The molecule has 0 unspecified atom stereocenters. The summed E-state index contributed by atoms with van der Waals surface area (Å²) in [4.78, 5) is 27.9. The summed E-state index contributed by atoms with van der Waals surface area (Å²) in [6.45, 7) is 2.97. The zero-order valence-corrected chi connectivity index (χ0v) is 28.2. The molecule has 0 aliphatic carbocycles. The second kappa shape index (κ2) is 16.5. The summed E-state index contributed by atoms with van der Waals surface area (Å²) in [5.41, 5.74) is 5.38. The van der Waals surface area contributed by atoms with E-state index in [0.717, 1.165) is 59.4 Å². The molecule has 6 rings (SSSR count). The monoisotopic (exact) mass is 693 g/mol. The quantitative estimate of drug-likeness (QED) is 0.256. The minimum atomic E-state index is -5.01. The maximum atomic E-state index is 13.1. The predicted octanol–water partition coefficient (Wildman–Crippen LogP) is 6.83. The van der Waals surface area contributed by atoms with E-state index in [0.29, 0.717) is 11.3 Å². The lowest BCUT2D eigenvalue weighted by Gasteiger charge is -2.39. The van der Waals surface area contributed by atoms with Gasteiger partial charge in [-0.3, -0.25) is 9.59 Å². The average molecular weight is 694 g/mol. The van der Waals surface area contributed by atoms with Gasteiger partial charge in [0.15, 0.2) is 6.29 Å². The number of hydrogen-bond acceptors (Lipinski definition) is 6. The fraction of sp³-hybridized carbons (Fsp3) is 0.487. The maximum absolute atomic E-state index is 13.1. The smallest absolute Gasteiger partial charge is 0.392 e. The van der Waals surface area contributed by atoms with E-state index in [1.807, 2.05) is 72.8 Å². The van der Waals surface area contributed by atoms with E-state index < -0.39 is 30.3 Å². The van der Waals surface area contributed by atoms with Crippen LogP contribution in [0.15, 0.2) is 72.8 Å². The van der Waals surface area contributed by atoms with Crippen molar-refractivity contribution in [1.82, 2.24) is 15.1 Å². The van der Waals surface area contributed by atoms with Crippen molar-refractivity contribution >= 4 is 11.8 Å². The number of halogens is 3. The molecule has 0 radical (unpaired) electrons. The second-order valence-corrected chi connectivity index (χ2v) is 13.6. The summed E-state index contributed by atoms with van der Waals surface area (Å²) in [5.74, 6) is -2.57. The molecule has 3 heterocycles. The molecular weight excluding hydrogens is 647 g/mol. The first-order valence-electron chi connectivity index (χ1n) is 17.8. The van der Waals surface area contributed by atoms with Crippen LogP contribution in [0, 0.1) is 0 Å². The molecule has 0 aromatic heterocycles. The Kier molecular flexibility index (Phi) is 11.9. The standard InChI is InChI=1S/C39H46F3N3O5/c40-39(41,42)38(48)45-20-8-13-34(45)36(47)43-24-28-9-6-10-30(21-28)31-11-7-12-32(22-31)37-49-33(25-44-18-4-2-1-3-5-19-44)23-35(50-37)29-16-14-27(26-46)15-17-29/h6-7,9-12,14-17,21-22,33-35,37,46H,1-5,8,13,18-20,23-26H2,(H,43,47)/t33-,34-,35+,37+/m0/s1. The average Bonchev–Trinajstić information content (AvgIpc) is 3.61. The SMILES string of the molecule is O=C(NCc1cccc(-c2cccc([C@@H]3O[C@H](CN4CCCCCCC4)C[C@H](c4ccc(CO)cc4)O3)c2)c1)[C@@H]1CCCN1C(=O)C(F)(F)F. The van der Waals surface area contributed by atoms with Gasteiger partial charge in [0.1, 0.15) is 6.04 Å². The summed E-state index contributed by atoms with van der Waals surface area (Å²) in [6.07, 6.45) is 1.65. The van der Waals surface area contributed by atoms with Crippen LogP contribution in [0.1, 0.15) is 86.0 Å². The van der Waals surface area contributed by atoms with Crippen LogP contribution < -0.4 is 5.32 Å². The lowest BCUT2D eigenvalue weighted by Crippen LogP contribution is -2.50. The molecule has 3 saturated heterocycles. The number of carbonyl (C=O) groups excluding carboxylic acids is 2. The number of alkyl halides is 3. The van der Waals surface area contributed by atoms with Crippen molar-refractivity contribution in [2.24, 2.45) is 0 Å². The molecule has 3 aromatic carbocycles. The number of ether oxygens (including phenoxy) is 2. The molecule has 2 N–H and O–H groups in total. The highest BCUT2D eigenvalue weighted by Gasteiger charge is 2.47. The number of likely N-dealkylation sites (tertiary alicyclic amines) is 2. The highest BCUT2D eigenvalue weighted by molar-refractivity contribution is 5.90. The molecule has 8 nitrogen and oxygen atoms in total. The molecule has 3 aromatic rings. The number of nitrogens with one attached hydrogen (secondary N) is 1. The third-order valence-corrected chi connectivity index (χ3v) is 9.97. The summed E-state index contributed by atoms with van der Waals surface area (Å²) >= 11 is 0. The van der Waals surface area contributed by atoms with Gasteiger partial charge < -0.3 is 29.7 Å². The van der Waals surface area contributed by atoms with E-state index in [-0.39, 0.29) is 38.3 Å². The van der Waals surface area contributed by atoms with Crippen molar-refractivity contribution < 1.29 is 37.3 Å². The Morgan fingerprint density at radius 3 is 2.22 bits per heavy atom. The highest BCUT2D eigenvalue weighted by atomic mass is 19.4. The number of hydrogen-bond donors (Lipinski definition) is 2. The Bertz CT molecular complexity index is 1590. The van der Waals surface area contributed by atoms with Crippen molar-refractivity contribution in [2.75, 3.05) is 26.2 Å². The van der Waals surface area contributed by atoms with Gasteiger partial charge in [0.2, 0.25) is 5.91 Å². The Hall–Kier alpha value is -3.77. The zero-order valence-electron chi connectivity index (χ0n) is 28.2. The fourth-order valence-corrected chi connectivity index (χ4v) is 7.29. The summed E-state index contributed by atoms with van der Waals surface area (Å²) < 4.78 is 52.5. The van der Waals surface area contributed by atoms with Gasteiger partial charge in [-0.05, 0) is 78.7 Å². The topological polar surface area (TPSA) is 91.3 Å². The van der Waals surface area contributed by atoms with Crippen LogP contribution in [-0.4, -0.2) is 71.2 Å². The van der Waals surface area contributed by atoms with Crippen molar-refractivity contribution in [3.63, 3.8) is 0 Å². The van der Waals surface area contributed by atoms with E-state index >= 15 is 0 Å².